The molecule has 1 atom stereocenters. The van der Waals surface area contributed by atoms with Crippen LogP contribution in [-0.2, 0) is 19.1 Å². The first-order chi connectivity index (χ1) is 9.17. The first kappa shape index (κ1) is 12.9. The maximum atomic E-state index is 12.6. The summed E-state index contributed by atoms with van der Waals surface area (Å²) in [6.07, 6.45) is 2.35. The van der Waals surface area contributed by atoms with Crippen molar-refractivity contribution >= 4 is 11.9 Å². The first-order valence-corrected chi connectivity index (χ1v) is 6.87. The molecule has 6 heteroatoms. The minimum Gasteiger partial charge on any atom is -0.468 e. The monoisotopic (exact) mass is 268 g/mol. The third-order valence-corrected chi connectivity index (χ3v) is 4.56. The Labute approximate surface area is 112 Å². The summed E-state index contributed by atoms with van der Waals surface area (Å²) in [6.45, 7) is 3.80. The molecule has 0 saturated carbocycles. The number of hydrogen-bond donors (Lipinski definition) is 0. The van der Waals surface area contributed by atoms with E-state index >= 15 is 0 Å². The second-order valence-corrected chi connectivity index (χ2v) is 5.65. The minimum atomic E-state index is -1.07. The van der Waals surface area contributed by atoms with Crippen molar-refractivity contribution in [2.75, 3.05) is 46.5 Å². The van der Waals surface area contributed by atoms with Crippen LogP contribution in [0.3, 0.4) is 0 Å². The van der Waals surface area contributed by atoms with Crippen LogP contribution in [0.25, 0.3) is 0 Å². The number of amides is 1. The average molecular weight is 268 g/mol. The van der Waals surface area contributed by atoms with Crippen molar-refractivity contribution < 1.29 is 19.1 Å². The minimum absolute atomic E-state index is 0.114. The summed E-state index contributed by atoms with van der Waals surface area (Å²) in [5.41, 5.74) is -1.07. The number of esters is 1. The van der Waals surface area contributed by atoms with E-state index in [0.29, 0.717) is 12.6 Å². The van der Waals surface area contributed by atoms with E-state index in [1.807, 2.05) is 4.90 Å². The molecule has 0 aromatic carbocycles. The van der Waals surface area contributed by atoms with Crippen LogP contribution in [0.15, 0.2) is 0 Å². The number of hydrogen-bond acceptors (Lipinski definition) is 5. The van der Waals surface area contributed by atoms with Crippen molar-refractivity contribution in [2.24, 2.45) is 5.41 Å². The van der Waals surface area contributed by atoms with Crippen molar-refractivity contribution in [2.45, 2.75) is 18.9 Å². The van der Waals surface area contributed by atoms with Gasteiger partial charge in [0, 0.05) is 25.7 Å². The molecule has 1 amide bonds. The lowest BCUT2D eigenvalue weighted by Crippen LogP contribution is -2.63. The van der Waals surface area contributed by atoms with Gasteiger partial charge in [-0.2, -0.15) is 0 Å². The zero-order valence-corrected chi connectivity index (χ0v) is 11.3. The number of rotatable bonds is 2. The quantitative estimate of drug-likeness (QED) is 0.498. The Kier molecular flexibility index (Phi) is 3.22. The van der Waals surface area contributed by atoms with E-state index in [0.717, 1.165) is 26.1 Å². The summed E-state index contributed by atoms with van der Waals surface area (Å²) in [5.74, 6) is -0.574. The molecule has 3 heterocycles. The highest BCUT2D eigenvalue weighted by Crippen LogP contribution is 2.33. The molecule has 0 radical (unpaired) electrons. The number of carbonyl (C=O) groups is 2. The van der Waals surface area contributed by atoms with Gasteiger partial charge in [0.05, 0.1) is 20.3 Å². The summed E-state index contributed by atoms with van der Waals surface area (Å²) in [7, 11) is 1.32. The predicted octanol–water partition coefficient (Wildman–Crippen LogP) is -0.517. The number of carbonyl (C=O) groups excluding carboxylic acids is 2. The molecule has 3 saturated heterocycles. The molecule has 0 spiro atoms. The van der Waals surface area contributed by atoms with Gasteiger partial charge in [-0.1, -0.05) is 0 Å². The molecule has 6 nitrogen and oxygen atoms in total. The Morgan fingerprint density at radius 3 is 2.68 bits per heavy atom. The number of fused-ring (bicyclic) bond motifs is 1. The zero-order valence-electron chi connectivity index (χ0n) is 11.3. The third kappa shape index (κ3) is 1.94. The highest BCUT2D eigenvalue weighted by atomic mass is 16.5. The van der Waals surface area contributed by atoms with E-state index in [1.165, 1.54) is 13.5 Å². The molecule has 1 unspecified atom stereocenters. The van der Waals surface area contributed by atoms with Crippen molar-refractivity contribution in [3.8, 4) is 0 Å². The summed E-state index contributed by atoms with van der Waals surface area (Å²) in [6, 6.07) is 0.466. The van der Waals surface area contributed by atoms with Crippen LogP contribution in [-0.4, -0.2) is 74.2 Å². The predicted molar refractivity (Wildman–Crippen MR) is 66.4 cm³/mol. The van der Waals surface area contributed by atoms with Crippen LogP contribution in [0, 0.1) is 5.41 Å². The van der Waals surface area contributed by atoms with E-state index in [9.17, 15) is 9.59 Å². The van der Waals surface area contributed by atoms with E-state index < -0.39 is 11.4 Å². The number of nitrogens with zero attached hydrogens (tertiary/aromatic N) is 2. The van der Waals surface area contributed by atoms with Gasteiger partial charge in [0.1, 0.15) is 0 Å². The Morgan fingerprint density at radius 1 is 1.26 bits per heavy atom. The first-order valence-electron chi connectivity index (χ1n) is 6.87. The van der Waals surface area contributed by atoms with Crippen LogP contribution < -0.4 is 0 Å². The molecule has 0 aromatic rings. The SMILES string of the molecule is COC(=O)C1(C(=O)N2CCN3CCCC3C2)COC1. The normalized spacial score (nSPS) is 29.5. The Morgan fingerprint density at radius 2 is 2.05 bits per heavy atom. The van der Waals surface area contributed by atoms with Gasteiger partial charge in [0.25, 0.3) is 0 Å². The number of piperazine rings is 1. The molecular formula is C13H20N2O4. The molecule has 3 aliphatic rings. The molecule has 3 fully saturated rings. The molecule has 0 aliphatic carbocycles. The number of ether oxygens (including phenoxy) is 2. The molecule has 0 bridgehead atoms. The summed E-state index contributed by atoms with van der Waals surface area (Å²) in [5, 5.41) is 0. The fraction of sp³-hybridized carbons (Fsp3) is 0.846. The van der Waals surface area contributed by atoms with Crippen molar-refractivity contribution in [3.05, 3.63) is 0 Å². The van der Waals surface area contributed by atoms with Crippen molar-refractivity contribution in [1.82, 2.24) is 9.80 Å². The van der Waals surface area contributed by atoms with E-state index in [-0.39, 0.29) is 19.1 Å². The lowest BCUT2D eigenvalue weighted by Gasteiger charge is -2.44. The van der Waals surface area contributed by atoms with E-state index in [4.69, 9.17) is 9.47 Å². The standard InChI is InChI=1S/C13H20N2O4/c1-18-12(17)13(8-19-9-13)11(16)15-6-5-14-4-2-3-10(14)7-15/h10H,2-9H2,1H3. The molecular weight excluding hydrogens is 248 g/mol. The summed E-state index contributed by atoms with van der Waals surface area (Å²) in [4.78, 5) is 28.7. The van der Waals surface area contributed by atoms with Gasteiger partial charge >= 0.3 is 5.97 Å². The van der Waals surface area contributed by atoms with Gasteiger partial charge in [-0.25, -0.2) is 0 Å². The second kappa shape index (κ2) is 4.76. The maximum Gasteiger partial charge on any atom is 0.326 e. The maximum absolute atomic E-state index is 12.6. The van der Waals surface area contributed by atoms with Gasteiger partial charge in [-0.3, -0.25) is 14.5 Å². The second-order valence-electron chi connectivity index (χ2n) is 5.65. The average Bonchev–Trinajstić information content (AvgIpc) is 2.84. The largest absolute Gasteiger partial charge is 0.468 e. The van der Waals surface area contributed by atoms with E-state index in [2.05, 4.69) is 4.90 Å². The van der Waals surface area contributed by atoms with Gasteiger partial charge < -0.3 is 14.4 Å². The van der Waals surface area contributed by atoms with Crippen molar-refractivity contribution in [1.29, 1.82) is 0 Å². The molecule has 3 aliphatic heterocycles. The van der Waals surface area contributed by atoms with Crippen LogP contribution in [0.2, 0.25) is 0 Å². The highest BCUT2D eigenvalue weighted by molar-refractivity contribution is 6.04. The Bertz CT molecular complexity index is 394. The third-order valence-electron chi connectivity index (χ3n) is 4.56. The van der Waals surface area contributed by atoms with Crippen molar-refractivity contribution in [3.63, 3.8) is 0 Å². The van der Waals surface area contributed by atoms with Crippen LogP contribution in [0.4, 0.5) is 0 Å². The van der Waals surface area contributed by atoms with Crippen LogP contribution >= 0.6 is 0 Å². The van der Waals surface area contributed by atoms with Crippen LogP contribution in [0.5, 0.6) is 0 Å². The molecule has 0 aromatic heterocycles. The van der Waals surface area contributed by atoms with Crippen LogP contribution in [0.1, 0.15) is 12.8 Å². The molecule has 3 rings (SSSR count). The highest BCUT2D eigenvalue weighted by Gasteiger charge is 2.56. The Hall–Kier alpha value is -1.14. The molecule has 106 valence electrons. The van der Waals surface area contributed by atoms with Gasteiger partial charge in [0.15, 0.2) is 5.41 Å². The molecule has 19 heavy (non-hydrogen) atoms. The fourth-order valence-corrected chi connectivity index (χ4v) is 3.31. The zero-order chi connectivity index (χ0) is 13.5. The summed E-state index contributed by atoms with van der Waals surface area (Å²) < 4.78 is 9.88. The van der Waals surface area contributed by atoms with Gasteiger partial charge in [-0.05, 0) is 19.4 Å². The number of methoxy groups -OCH3 is 1. The topological polar surface area (TPSA) is 59.1 Å². The lowest BCUT2D eigenvalue weighted by molar-refractivity contribution is -0.194. The van der Waals surface area contributed by atoms with E-state index in [1.54, 1.807) is 0 Å². The lowest BCUT2D eigenvalue weighted by atomic mass is 9.84. The smallest absolute Gasteiger partial charge is 0.326 e. The Balaban J connectivity index is 1.71. The van der Waals surface area contributed by atoms with Gasteiger partial charge in [0.2, 0.25) is 5.91 Å². The summed E-state index contributed by atoms with van der Waals surface area (Å²) >= 11 is 0. The fourth-order valence-electron chi connectivity index (χ4n) is 3.31. The molecule has 0 N–H and O–H groups in total. The van der Waals surface area contributed by atoms with Gasteiger partial charge in [-0.15, -0.1) is 0 Å².